The van der Waals surface area contributed by atoms with E-state index >= 15 is 0 Å². The molecule has 0 aliphatic heterocycles. The molecule has 94 valence electrons. The molecule has 0 N–H and O–H groups in total. The molecule has 0 unspecified atom stereocenters. The molecule has 3 heteroatoms. The quantitative estimate of drug-likeness (QED) is 0.824. The number of benzene rings is 1. The molecular formula is C15H17NOS. The molecule has 2 aromatic rings. The highest BCUT2D eigenvalue weighted by atomic mass is 32.1. The summed E-state index contributed by atoms with van der Waals surface area (Å²) in [7, 11) is 1.87. The van der Waals surface area contributed by atoms with Crippen molar-refractivity contribution in [1.29, 1.82) is 0 Å². The van der Waals surface area contributed by atoms with Gasteiger partial charge in [0.05, 0.1) is 4.88 Å². The second kappa shape index (κ2) is 5.83. The number of hydrogen-bond donors (Lipinski definition) is 0. The Labute approximate surface area is 112 Å². The lowest BCUT2D eigenvalue weighted by molar-refractivity contribution is 0.0801. The minimum Gasteiger partial charge on any atom is -0.341 e. The van der Waals surface area contributed by atoms with Crippen LogP contribution in [0.15, 0.2) is 41.8 Å². The third kappa shape index (κ3) is 2.99. The van der Waals surface area contributed by atoms with Crippen molar-refractivity contribution >= 4 is 17.2 Å². The number of thiophene rings is 1. The van der Waals surface area contributed by atoms with Gasteiger partial charge in [0.1, 0.15) is 0 Å². The zero-order valence-corrected chi connectivity index (χ0v) is 11.5. The van der Waals surface area contributed by atoms with E-state index in [9.17, 15) is 4.79 Å². The molecule has 1 aromatic carbocycles. The normalized spacial score (nSPS) is 10.3. The minimum atomic E-state index is 0.124. The Morgan fingerprint density at radius 1 is 1.22 bits per heavy atom. The first-order valence-electron chi connectivity index (χ1n) is 6.02. The van der Waals surface area contributed by atoms with Crippen LogP contribution in [0.1, 0.15) is 20.8 Å². The van der Waals surface area contributed by atoms with E-state index in [0.29, 0.717) is 0 Å². The molecule has 18 heavy (non-hydrogen) atoms. The van der Waals surface area contributed by atoms with Crippen molar-refractivity contribution in [2.75, 3.05) is 13.6 Å². The molecule has 1 amide bonds. The molecule has 2 nitrogen and oxygen atoms in total. The maximum atomic E-state index is 12.2. The number of hydrogen-bond acceptors (Lipinski definition) is 2. The summed E-state index contributed by atoms with van der Waals surface area (Å²) in [5.41, 5.74) is 2.33. The van der Waals surface area contributed by atoms with Crippen LogP contribution in [0.5, 0.6) is 0 Å². The molecule has 0 radical (unpaired) electrons. The second-order valence-electron chi connectivity index (χ2n) is 4.40. The van der Waals surface area contributed by atoms with Gasteiger partial charge in [-0.05, 0) is 35.9 Å². The Morgan fingerprint density at radius 3 is 2.56 bits per heavy atom. The molecule has 0 fully saturated rings. The van der Waals surface area contributed by atoms with Gasteiger partial charge in [0.15, 0.2) is 0 Å². The number of amides is 1. The summed E-state index contributed by atoms with van der Waals surface area (Å²) in [4.78, 5) is 14.8. The maximum absolute atomic E-state index is 12.2. The largest absolute Gasteiger partial charge is 0.341 e. The zero-order chi connectivity index (χ0) is 13.0. The SMILES string of the molecule is Cc1ccsc1C(=O)N(C)CCc1ccccc1. The lowest BCUT2D eigenvalue weighted by Gasteiger charge is -2.16. The molecule has 0 aliphatic carbocycles. The highest BCUT2D eigenvalue weighted by Crippen LogP contribution is 2.17. The second-order valence-corrected chi connectivity index (χ2v) is 5.31. The average Bonchev–Trinajstić information content (AvgIpc) is 2.82. The van der Waals surface area contributed by atoms with Gasteiger partial charge in [0.25, 0.3) is 5.91 Å². The summed E-state index contributed by atoms with van der Waals surface area (Å²) in [6.07, 6.45) is 0.896. The Bertz CT molecular complexity index is 518. The van der Waals surface area contributed by atoms with Crippen LogP contribution in [-0.2, 0) is 6.42 Å². The van der Waals surface area contributed by atoms with E-state index in [0.717, 1.165) is 23.4 Å². The first-order chi connectivity index (χ1) is 8.68. The van der Waals surface area contributed by atoms with Crippen LogP contribution in [-0.4, -0.2) is 24.4 Å². The lowest BCUT2D eigenvalue weighted by Crippen LogP contribution is -2.28. The van der Waals surface area contributed by atoms with E-state index in [1.54, 1.807) is 4.90 Å². The number of likely N-dealkylation sites (N-methyl/N-ethyl adjacent to an activating group) is 1. The van der Waals surface area contributed by atoms with Crippen LogP contribution in [0, 0.1) is 6.92 Å². The first-order valence-corrected chi connectivity index (χ1v) is 6.90. The highest BCUT2D eigenvalue weighted by molar-refractivity contribution is 7.12. The van der Waals surface area contributed by atoms with Crippen LogP contribution in [0.25, 0.3) is 0 Å². The van der Waals surface area contributed by atoms with E-state index in [2.05, 4.69) is 12.1 Å². The van der Waals surface area contributed by atoms with Gasteiger partial charge in [-0.1, -0.05) is 30.3 Å². The van der Waals surface area contributed by atoms with Gasteiger partial charge in [-0.25, -0.2) is 0 Å². The van der Waals surface area contributed by atoms with Gasteiger partial charge in [-0.3, -0.25) is 4.79 Å². The molecule has 1 heterocycles. The number of carbonyl (C=O) groups excluding carboxylic acids is 1. The Morgan fingerprint density at radius 2 is 1.94 bits per heavy atom. The van der Waals surface area contributed by atoms with E-state index in [1.165, 1.54) is 16.9 Å². The molecule has 0 atom stereocenters. The topological polar surface area (TPSA) is 20.3 Å². The number of rotatable bonds is 4. The van der Waals surface area contributed by atoms with Gasteiger partial charge >= 0.3 is 0 Å². The number of carbonyl (C=O) groups is 1. The summed E-state index contributed by atoms with van der Waals surface area (Å²) >= 11 is 1.52. The Kier molecular flexibility index (Phi) is 4.15. The van der Waals surface area contributed by atoms with Crippen molar-refractivity contribution in [3.8, 4) is 0 Å². The van der Waals surface area contributed by atoms with E-state index in [1.807, 2.05) is 43.6 Å². The predicted octanol–water partition coefficient (Wildman–Crippen LogP) is 3.37. The third-order valence-electron chi connectivity index (χ3n) is 2.98. The molecule has 1 aromatic heterocycles. The molecule has 0 bridgehead atoms. The summed E-state index contributed by atoms with van der Waals surface area (Å²) < 4.78 is 0. The number of nitrogens with zero attached hydrogens (tertiary/aromatic N) is 1. The zero-order valence-electron chi connectivity index (χ0n) is 10.7. The monoisotopic (exact) mass is 259 g/mol. The van der Waals surface area contributed by atoms with Crippen LogP contribution >= 0.6 is 11.3 Å². The highest BCUT2D eigenvalue weighted by Gasteiger charge is 2.14. The summed E-state index contributed by atoms with van der Waals surface area (Å²) in [5.74, 6) is 0.124. The maximum Gasteiger partial charge on any atom is 0.263 e. The van der Waals surface area contributed by atoms with Crippen molar-refractivity contribution in [3.05, 3.63) is 57.8 Å². The fourth-order valence-electron chi connectivity index (χ4n) is 1.81. The fraction of sp³-hybridized carbons (Fsp3) is 0.267. The van der Waals surface area contributed by atoms with Gasteiger partial charge in [-0.15, -0.1) is 11.3 Å². The summed E-state index contributed by atoms with van der Waals surface area (Å²) in [6, 6.07) is 12.2. The van der Waals surface area contributed by atoms with Crippen LogP contribution < -0.4 is 0 Å². The van der Waals surface area contributed by atoms with Crippen LogP contribution in [0.3, 0.4) is 0 Å². The Hall–Kier alpha value is -1.61. The molecule has 0 spiro atoms. The van der Waals surface area contributed by atoms with E-state index in [4.69, 9.17) is 0 Å². The van der Waals surface area contributed by atoms with Gasteiger partial charge in [0, 0.05) is 13.6 Å². The van der Waals surface area contributed by atoms with Gasteiger partial charge in [0.2, 0.25) is 0 Å². The molecule has 2 rings (SSSR count). The Balaban J connectivity index is 1.95. The predicted molar refractivity (Wildman–Crippen MR) is 76.2 cm³/mol. The van der Waals surface area contributed by atoms with Crippen molar-refractivity contribution in [2.45, 2.75) is 13.3 Å². The summed E-state index contributed by atoms with van der Waals surface area (Å²) in [6.45, 7) is 2.73. The minimum absolute atomic E-state index is 0.124. The third-order valence-corrected chi connectivity index (χ3v) is 3.99. The fourth-order valence-corrected chi connectivity index (χ4v) is 2.73. The molecule has 0 saturated heterocycles. The van der Waals surface area contributed by atoms with Crippen molar-refractivity contribution in [1.82, 2.24) is 4.90 Å². The van der Waals surface area contributed by atoms with Crippen molar-refractivity contribution < 1.29 is 4.79 Å². The standard InChI is InChI=1S/C15H17NOS/c1-12-9-11-18-14(12)15(17)16(2)10-8-13-6-4-3-5-7-13/h3-7,9,11H,8,10H2,1-2H3. The van der Waals surface area contributed by atoms with Gasteiger partial charge in [-0.2, -0.15) is 0 Å². The van der Waals surface area contributed by atoms with E-state index in [-0.39, 0.29) is 5.91 Å². The smallest absolute Gasteiger partial charge is 0.263 e. The lowest BCUT2D eigenvalue weighted by atomic mass is 10.1. The van der Waals surface area contributed by atoms with Crippen LogP contribution in [0.4, 0.5) is 0 Å². The van der Waals surface area contributed by atoms with Crippen molar-refractivity contribution in [2.24, 2.45) is 0 Å². The molecule has 0 aliphatic rings. The molecular weight excluding hydrogens is 242 g/mol. The van der Waals surface area contributed by atoms with E-state index < -0.39 is 0 Å². The first kappa shape index (κ1) is 12.8. The van der Waals surface area contributed by atoms with Gasteiger partial charge < -0.3 is 4.90 Å². The number of aryl methyl sites for hydroxylation is 1. The average molecular weight is 259 g/mol. The van der Waals surface area contributed by atoms with Crippen LogP contribution in [0.2, 0.25) is 0 Å². The van der Waals surface area contributed by atoms with Crippen molar-refractivity contribution in [3.63, 3.8) is 0 Å². The molecule has 0 saturated carbocycles. The summed E-state index contributed by atoms with van der Waals surface area (Å²) in [5, 5.41) is 1.97.